The fourth-order valence-corrected chi connectivity index (χ4v) is 1.53. The zero-order valence-corrected chi connectivity index (χ0v) is 8.89. The molecule has 0 atom stereocenters. The molecular formula is C9H11N5O2. The number of hydrogen-bond acceptors (Lipinski definition) is 5. The summed E-state index contributed by atoms with van der Waals surface area (Å²) in [5.74, 6) is 5.61. The second kappa shape index (κ2) is 3.46. The van der Waals surface area contributed by atoms with Crippen LogP contribution in [0.1, 0.15) is 0 Å². The second-order valence-corrected chi connectivity index (χ2v) is 3.42. The number of fused-ring (bicyclic) bond motifs is 1. The Bertz CT molecular complexity index is 670. The number of rotatable bonds is 1. The summed E-state index contributed by atoms with van der Waals surface area (Å²) in [6, 6.07) is 3.16. The van der Waals surface area contributed by atoms with Gasteiger partial charge in [0, 0.05) is 14.1 Å². The van der Waals surface area contributed by atoms with Crippen LogP contribution in [0.25, 0.3) is 11.0 Å². The Labute approximate surface area is 90.1 Å². The van der Waals surface area contributed by atoms with Gasteiger partial charge in [0.15, 0.2) is 5.65 Å². The van der Waals surface area contributed by atoms with Gasteiger partial charge in [0.05, 0.1) is 5.39 Å². The van der Waals surface area contributed by atoms with Gasteiger partial charge in [0.25, 0.3) is 5.56 Å². The van der Waals surface area contributed by atoms with Gasteiger partial charge in [-0.1, -0.05) is 0 Å². The summed E-state index contributed by atoms with van der Waals surface area (Å²) in [7, 11) is 2.98. The number of aryl methyl sites for hydroxylation is 1. The van der Waals surface area contributed by atoms with Crippen molar-refractivity contribution in [3.8, 4) is 0 Å². The molecule has 7 nitrogen and oxygen atoms in total. The van der Waals surface area contributed by atoms with E-state index in [1.54, 1.807) is 19.2 Å². The highest BCUT2D eigenvalue weighted by atomic mass is 16.2. The summed E-state index contributed by atoms with van der Waals surface area (Å²) in [5, 5.41) is 0.378. The maximum Gasteiger partial charge on any atom is 0.332 e. The minimum Gasteiger partial charge on any atom is -0.308 e. The molecule has 0 aliphatic carbocycles. The van der Waals surface area contributed by atoms with Crippen LogP contribution >= 0.6 is 0 Å². The molecule has 84 valence electrons. The van der Waals surface area contributed by atoms with Crippen LogP contribution in [0.3, 0.4) is 0 Å². The first-order valence-electron chi connectivity index (χ1n) is 4.59. The van der Waals surface area contributed by atoms with Gasteiger partial charge in [-0.05, 0) is 12.1 Å². The Hall–Kier alpha value is -2.15. The summed E-state index contributed by atoms with van der Waals surface area (Å²) < 4.78 is 2.34. The van der Waals surface area contributed by atoms with Crippen molar-refractivity contribution in [2.45, 2.75) is 0 Å². The van der Waals surface area contributed by atoms with Crippen molar-refractivity contribution in [2.24, 2.45) is 19.9 Å². The number of nitrogens with two attached hydrogens (primary N) is 1. The van der Waals surface area contributed by atoms with E-state index in [1.807, 2.05) is 0 Å². The summed E-state index contributed by atoms with van der Waals surface area (Å²) in [6.45, 7) is 0. The molecule has 2 rings (SSSR count). The summed E-state index contributed by atoms with van der Waals surface area (Å²) in [4.78, 5) is 27.5. The lowest BCUT2D eigenvalue weighted by atomic mass is 10.3. The van der Waals surface area contributed by atoms with Crippen molar-refractivity contribution in [2.75, 3.05) is 5.43 Å². The van der Waals surface area contributed by atoms with Crippen LogP contribution < -0.4 is 22.5 Å². The van der Waals surface area contributed by atoms with Crippen molar-refractivity contribution in [1.29, 1.82) is 0 Å². The van der Waals surface area contributed by atoms with Gasteiger partial charge in [-0.25, -0.2) is 15.6 Å². The number of pyridine rings is 1. The quantitative estimate of drug-likeness (QED) is 0.471. The Morgan fingerprint density at radius 2 is 1.94 bits per heavy atom. The van der Waals surface area contributed by atoms with E-state index in [9.17, 15) is 9.59 Å². The Morgan fingerprint density at radius 3 is 2.56 bits per heavy atom. The monoisotopic (exact) mass is 221 g/mol. The highest BCUT2D eigenvalue weighted by Crippen LogP contribution is 2.08. The molecule has 0 spiro atoms. The van der Waals surface area contributed by atoms with Crippen LogP contribution in [0.4, 0.5) is 5.82 Å². The Kier molecular flexibility index (Phi) is 2.24. The van der Waals surface area contributed by atoms with Crippen molar-refractivity contribution < 1.29 is 0 Å². The van der Waals surface area contributed by atoms with Crippen LogP contribution in [-0.2, 0) is 14.1 Å². The van der Waals surface area contributed by atoms with Crippen LogP contribution in [0.5, 0.6) is 0 Å². The van der Waals surface area contributed by atoms with E-state index in [-0.39, 0.29) is 5.56 Å². The molecule has 0 radical (unpaired) electrons. The second-order valence-electron chi connectivity index (χ2n) is 3.42. The fraction of sp³-hybridized carbons (Fsp3) is 0.222. The predicted octanol–water partition coefficient (Wildman–Crippen LogP) is -1.08. The van der Waals surface area contributed by atoms with Crippen molar-refractivity contribution in [1.82, 2.24) is 14.1 Å². The molecule has 0 saturated carbocycles. The minimum absolute atomic E-state index is 0.309. The van der Waals surface area contributed by atoms with Gasteiger partial charge in [0.1, 0.15) is 5.82 Å². The molecule has 2 aromatic rings. The molecule has 0 aromatic carbocycles. The van der Waals surface area contributed by atoms with E-state index in [4.69, 9.17) is 5.84 Å². The minimum atomic E-state index is -0.417. The lowest BCUT2D eigenvalue weighted by molar-refractivity contribution is 0.708. The van der Waals surface area contributed by atoms with E-state index < -0.39 is 5.69 Å². The summed E-state index contributed by atoms with van der Waals surface area (Å²) >= 11 is 0. The SMILES string of the molecule is Cn1c(=O)c2ccc(NN)nc2n(C)c1=O. The fourth-order valence-electron chi connectivity index (χ4n) is 1.53. The normalized spacial score (nSPS) is 10.7. The van der Waals surface area contributed by atoms with Crippen molar-refractivity contribution in [3.63, 3.8) is 0 Å². The van der Waals surface area contributed by atoms with Gasteiger partial charge in [0.2, 0.25) is 0 Å². The summed E-state index contributed by atoms with van der Waals surface area (Å²) in [6.07, 6.45) is 0. The van der Waals surface area contributed by atoms with Crippen LogP contribution in [0, 0.1) is 0 Å². The molecule has 2 aromatic heterocycles. The van der Waals surface area contributed by atoms with Crippen molar-refractivity contribution in [3.05, 3.63) is 33.0 Å². The first-order valence-corrected chi connectivity index (χ1v) is 4.59. The number of hydrazine groups is 1. The lowest BCUT2D eigenvalue weighted by Crippen LogP contribution is -2.37. The van der Waals surface area contributed by atoms with Crippen LogP contribution in [0.15, 0.2) is 21.7 Å². The smallest absolute Gasteiger partial charge is 0.308 e. The molecule has 16 heavy (non-hydrogen) atoms. The highest BCUT2D eigenvalue weighted by Gasteiger charge is 2.09. The van der Waals surface area contributed by atoms with Gasteiger partial charge in [-0.3, -0.25) is 13.9 Å². The largest absolute Gasteiger partial charge is 0.332 e. The van der Waals surface area contributed by atoms with Crippen LogP contribution in [0.2, 0.25) is 0 Å². The Balaban J connectivity index is 3.03. The van der Waals surface area contributed by atoms with E-state index in [0.717, 1.165) is 4.57 Å². The topological polar surface area (TPSA) is 94.9 Å². The first-order chi connectivity index (χ1) is 7.56. The Morgan fingerprint density at radius 1 is 1.25 bits per heavy atom. The average Bonchev–Trinajstić information content (AvgIpc) is 2.33. The molecule has 0 aliphatic rings. The van der Waals surface area contributed by atoms with E-state index in [1.165, 1.54) is 11.6 Å². The third-order valence-electron chi connectivity index (χ3n) is 2.45. The molecule has 0 fully saturated rings. The zero-order valence-electron chi connectivity index (χ0n) is 8.89. The average molecular weight is 221 g/mol. The molecule has 0 saturated heterocycles. The first kappa shape index (κ1) is 10.4. The maximum absolute atomic E-state index is 11.8. The molecular weight excluding hydrogens is 210 g/mol. The standard InChI is InChI=1S/C9H11N5O2/c1-13-7-5(3-4-6(11-7)12-10)8(15)14(2)9(13)16/h3-4H,10H2,1-2H3,(H,11,12). The zero-order chi connectivity index (χ0) is 11.9. The number of aromatic nitrogens is 3. The molecule has 0 unspecified atom stereocenters. The third-order valence-corrected chi connectivity index (χ3v) is 2.45. The van der Waals surface area contributed by atoms with E-state index in [2.05, 4.69) is 10.4 Å². The predicted molar refractivity (Wildman–Crippen MR) is 60.0 cm³/mol. The van der Waals surface area contributed by atoms with Gasteiger partial charge in [-0.2, -0.15) is 0 Å². The third kappa shape index (κ3) is 1.29. The molecule has 2 heterocycles. The number of nitrogens with one attached hydrogen (secondary N) is 1. The van der Waals surface area contributed by atoms with Gasteiger partial charge < -0.3 is 5.43 Å². The maximum atomic E-state index is 11.8. The number of anilines is 1. The molecule has 3 N–H and O–H groups in total. The van der Waals surface area contributed by atoms with E-state index >= 15 is 0 Å². The van der Waals surface area contributed by atoms with Gasteiger partial charge >= 0.3 is 5.69 Å². The molecule has 7 heteroatoms. The van der Waals surface area contributed by atoms with Crippen molar-refractivity contribution >= 4 is 16.9 Å². The molecule has 0 amide bonds. The number of hydrogen-bond donors (Lipinski definition) is 2. The highest BCUT2D eigenvalue weighted by molar-refractivity contribution is 5.75. The van der Waals surface area contributed by atoms with Gasteiger partial charge in [-0.15, -0.1) is 0 Å². The van der Waals surface area contributed by atoms with Crippen LogP contribution in [-0.4, -0.2) is 14.1 Å². The molecule has 0 aliphatic heterocycles. The summed E-state index contributed by atoms with van der Waals surface area (Å²) in [5.41, 5.74) is 1.89. The number of nitrogen functional groups attached to an aromatic ring is 1. The molecule has 0 bridgehead atoms. The lowest BCUT2D eigenvalue weighted by Gasteiger charge is -2.07. The van der Waals surface area contributed by atoms with E-state index in [0.29, 0.717) is 16.9 Å². The number of nitrogens with zero attached hydrogens (tertiary/aromatic N) is 3.